The van der Waals surface area contributed by atoms with E-state index < -0.39 is 5.97 Å². The van der Waals surface area contributed by atoms with Gasteiger partial charge in [-0.25, -0.2) is 24.5 Å². The Morgan fingerprint density at radius 1 is 1.00 bits per heavy atom. The number of urea groups is 1. The summed E-state index contributed by atoms with van der Waals surface area (Å²) in [5.41, 5.74) is 5.45. The first kappa shape index (κ1) is 33.0. The zero-order valence-electron chi connectivity index (χ0n) is 28.2. The van der Waals surface area contributed by atoms with Crippen LogP contribution in [0.25, 0.3) is 33.4 Å². The van der Waals surface area contributed by atoms with Crippen LogP contribution in [-0.2, 0) is 18.3 Å². The number of hydrogen-bond donors (Lipinski definition) is 3. The molecule has 0 spiro atoms. The largest absolute Gasteiger partial charge is 0.465 e. The molecule has 0 radical (unpaired) electrons. The number of pyridine rings is 1. The van der Waals surface area contributed by atoms with Crippen LogP contribution in [0.5, 0.6) is 0 Å². The summed E-state index contributed by atoms with van der Waals surface area (Å²) in [6.45, 7) is 0.405. The zero-order chi connectivity index (χ0) is 35.3. The predicted molar refractivity (Wildman–Crippen MR) is 193 cm³/mol. The van der Waals surface area contributed by atoms with Crippen LogP contribution >= 0.6 is 0 Å². The Hall–Kier alpha value is -6.55. The van der Waals surface area contributed by atoms with Crippen LogP contribution in [0.4, 0.5) is 16.6 Å². The summed E-state index contributed by atoms with van der Waals surface area (Å²) in [5, 5.41) is 21.5. The summed E-state index contributed by atoms with van der Waals surface area (Å²) in [4.78, 5) is 44.8. The molecule has 3 N–H and O–H groups in total. The van der Waals surface area contributed by atoms with Crippen molar-refractivity contribution < 1.29 is 14.3 Å². The van der Waals surface area contributed by atoms with Crippen LogP contribution < -0.4 is 15.5 Å². The average molecular weight is 681 g/mol. The summed E-state index contributed by atoms with van der Waals surface area (Å²) < 4.78 is 6.59. The molecule has 1 saturated carbocycles. The Kier molecular flexibility index (Phi) is 9.38. The number of ether oxygens (including phenoxy) is 1. The summed E-state index contributed by atoms with van der Waals surface area (Å²) in [5.74, 6) is 0.563. The SMILES string of the molecule is COC(=O)c1ccc2cc(-c3nc(N[C@H]4CC[C@H](N(C(=O)NCc5ccccc5)c5ccc(-c6cnn(C)c6)cn5)CC4)ncc3C#N)[nH]c2c1. The lowest BCUT2D eigenvalue weighted by atomic mass is 9.90. The number of nitrogens with zero attached hydrogens (tertiary/aromatic N) is 7. The lowest BCUT2D eigenvalue weighted by Crippen LogP contribution is -2.49. The van der Waals surface area contributed by atoms with Crippen molar-refractivity contribution in [1.82, 2.24) is 35.0 Å². The maximum absolute atomic E-state index is 13.8. The van der Waals surface area contributed by atoms with Crippen molar-refractivity contribution in [3.63, 3.8) is 0 Å². The fourth-order valence-corrected chi connectivity index (χ4v) is 6.48. The molecule has 2 amide bonds. The van der Waals surface area contributed by atoms with E-state index in [1.165, 1.54) is 13.3 Å². The van der Waals surface area contributed by atoms with Crippen LogP contribution in [0.2, 0.25) is 0 Å². The van der Waals surface area contributed by atoms with Crippen molar-refractivity contribution in [3.05, 3.63) is 108 Å². The number of amides is 2. The quantitative estimate of drug-likeness (QED) is 0.150. The van der Waals surface area contributed by atoms with Crippen molar-refractivity contribution in [2.45, 2.75) is 44.3 Å². The number of aromatic nitrogens is 6. The first-order valence-electron chi connectivity index (χ1n) is 16.7. The van der Waals surface area contributed by atoms with E-state index in [1.54, 1.807) is 34.1 Å². The fourth-order valence-electron chi connectivity index (χ4n) is 6.48. The standard InChI is InChI=1S/C38H36N10O3/c1-47-23-29(22-43-47)27-10-15-34(40-20-27)48(38(50)42-19-24-6-4-3-5-7-24)31-13-11-30(12-14-31)44-37-41-21-28(18-39)35(46-37)33-16-25-8-9-26(36(49)51-2)17-32(25)45-33/h3-10,15-17,20-23,30-31,45H,11-14,19H2,1-2H3,(H,42,50)(H,41,44,46)/t30-,31-. The third kappa shape index (κ3) is 7.25. The summed E-state index contributed by atoms with van der Waals surface area (Å²) in [7, 11) is 3.21. The molecule has 51 heavy (non-hydrogen) atoms. The average Bonchev–Trinajstić information content (AvgIpc) is 3.81. The van der Waals surface area contributed by atoms with E-state index in [1.807, 2.05) is 67.8 Å². The van der Waals surface area contributed by atoms with E-state index in [2.05, 4.69) is 31.8 Å². The second kappa shape index (κ2) is 14.5. The van der Waals surface area contributed by atoms with E-state index in [9.17, 15) is 14.9 Å². The number of methoxy groups -OCH3 is 1. The molecule has 0 bridgehead atoms. The van der Waals surface area contributed by atoms with Crippen molar-refractivity contribution in [3.8, 4) is 28.6 Å². The minimum atomic E-state index is -0.431. The Bertz CT molecular complexity index is 2210. The first-order valence-corrected chi connectivity index (χ1v) is 16.7. The van der Waals surface area contributed by atoms with Gasteiger partial charge in [0.15, 0.2) is 0 Å². The van der Waals surface area contributed by atoms with Crippen molar-refractivity contribution in [2.75, 3.05) is 17.3 Å². The molecular weight excluding hydrogens is 644 g/mol. The molecule has 1 fully saturated rings. The molecule has 2 aromatic carbocycles. The third-order valence-corrected chi connectivity index (χ3v) is 9.14. The number of benzene rings is 2. The van der Waals surface area contributed by atoms with Crippen LogP contribution in [0.15, 0.2) is 91.5 Å². The molecule has 7 rings (SSSR count). The van der Waals surface area contributed by atoms with Crippen LogP contribution in [-0.4, -0.2) is 60.9 Å². The lowest BCUT2D eigenvalue weighted by molar-refractivity contribution is 0.0601. The highest BCUT2D eigenvalue weighted by atomic mass is 16.5. The van der Waals surface area contributed by atoms with Gasteiger partial charge >= 0.3 is 12.0 Å². The number of fused-ring (bicyclic) bond motifs is 1. The van der Waals surface area contributed by atoms with Crippen LogP contribution in [0.3, 0.4) is 0 Å². The Morgan fingerprint density at radius 3 is 2.53 bits per heavy atom. The number of aryl methyl sites for hydroxylation is 1. The molecule has 1 aliphatic rings. The highest BCUT2D eigenvalue weighted by molar-refractivity contribution is 5.96. The van der Waals surface area contributed by atoms with Crippen LogP contribution in [0.1, 0.15) is 47.2 Å². The number of esters is 1. The highest BCUT2D eigenvalue weighted by Crippen LogP contribution is 2.31. The number of rotatable bonds is 9. The van der Waals surface area contributed by atoms with Crippen molar-refractivity contribution in [2.24, 2.45) is 7.05 Å². The molecule has 6 aromatic rings. The number of nitriles is 1. The zero-order valence-corrected chi connectivity index (χ0v) is 28.2. The topological polar surface area (TPSA) is 167 Å². The number of hydrogen-bond acceptors (Lipinski definition) is 9. The Labute approximate surface area is 294 Å². The van der Waals surface area contributed by atoms with Gasteiger partial charge in [0.2, 0.25) is 5.95 Å². The predicted octanol–water partition coefficient (Wildman–Crippen LogP) is 6.22. The Morgan fingerprint density at radius 2 is 1.82 bits per heavy atom. The Balaban J connectivity index is 1.07. The van der Waals surface area contributed by atoms with Gasteiger partial charge in [-0.1, -0.05) is 36.4 Å². The molecular formula is C38H36N10O3. The van der Waals surface area contributed by atoms with Gasteiger partial charge in [0.25, 0.3) is 0 Å². The minimum absolute atomic E-state index is 0.0579. The molecule has 0 aliphatic heterocycles. The number of nitrogens with one attached hydrogen (secondary N) is 3. The molecule has 13 heteroatoms. The number of aromatic amines is 1. The maximum Gasteiger partial charge on any atom is 0.337 e. The minimum Gasteiger partial charge on any atom is -0.465 e. The molecule has 0 saturated heterocycles. The maximum atomic E-state index is 13.8. The van der Waals surface area contributed by atoms with Crippen molar-refractivity contribution in [1.29, 1.82) is 5.26 Å². The van der Waals surface area contributed by atoms with Gasteiger partial charge in [0.1, 0.15) is 17.6 Å². The number of H-pyrrole nitrogens is 1. The lowest BCUT2D eigenvalue weighted by Gasteiger charge is -2.36. The molecule has 13 nitrogen and oxygen atoms in total. The smallest absolute Gasteiger partial charge is 0.337 e. The number of carbonyl (C=O) groups excluding carboxylic acids is 2. The number of carbonyl (C=O) groups is 2. The summed E-state index contributed by atoms with van der Waals surface area (Å²) in [6, 6.07) is 22.8. The van der Waals surface area contributed by atoms with E-state index >= 15 is 0 Å². The van der Waals surface area contributed by atoms with Gasteiger partial charge in [0.05, 0.1) is 36.3 Å². The normalized spacial score (nSPS) is 15.5. The van der Waals surface area contributed by atoms with E-state index in [-0.39, 0.29) is 18.1 Å². The molecule has 4 aromatic heterocycles. The van der Waals surface area contributed by atoms with Crippen LogP contribution in [0, 0.1) is 11.3 Å². The summed E-state index contributed by atoms with van der Waals surface area (Å²) in [6.07, 6.45) is 10.0. The number of anilines is 2. The fraction of sp³-hybridized carbons (Fsp3) is 0.237. The molecule has 1 aliphatic carbocycles. The monoisotopic (exact) mass is 680 g/mol. The third-order valence-electron chi connectivity index (χ3n) is 9.14. The van der Waals surface area contributed by atoms with Gasteiger partial charge in [0, 0.05) is 60.1 Å². The van der Waals surface area contributed by atoms with Gasteiger partial charge in [-0.3, -0.25) is 9.58 Å². The van der Waals surface area contributed by atoms with E-state index in [0.717, 1.165) is 53.3 Å². The molecule has 4 heterocycles. The highest BCUT2D eigenvalue weighted by Gasteiger charge is 2.31. The van der Waals surface area contributed by atoms with E-state index in [4.69, 9.17) is 14.7 Å². The van der Waals surface area contributed by atoms with Crippen molar-refractivity contribution >= 4 is 34.7 Å². The van der Waals surface area contributed by atoms with Gasteiger partial charge in [-0.15, -0.1) is 0 Å². The molecule has 0 atom stereocenters. The van der Waals surface area contributed by atoms with Gasteiger partial charge < -0.3 is 20.4 Å². The molecule has 256 valence electrons. The second-order valence-corrected chi connectivity index (χ2v) is 12.5. The molecule has 0 unspecified atom stereocenters. The summed E-state index contributed by atoms with van der Waals surface area (Å²) >= 11 is 0. The second-order valence-electron chi connectivity index (χ2n) is 12.5. The van der Waals surface area contributed by atoms with Gasteiger partial charge in [-0.05, 0) is 61.6 Å². The van der Waals surface area contributed by atoms with Gasteiger partial charge in [-0.2, -0.15) is 10.4 Å². The van der Waals surface area contributed by atoms with E-state index in [0.29, 0.717) is 40.8 Å². The first-order chi connectivity index (χ1) is 24.9.